The van der Waals surface area contributed by atoms with Gasteiger partial charge in [0.1, 0.15) is 6.33 Å². The van der Waals surface area contributed by atoms with Crippen LogP contribution in [0.25, 0.3) is 16.8 Å². The maximum atomic E-state index is 13.1. The average molecular weight is 408 g/mol. The lowest BCUT2D eigenvalue weighted by atomic mass is 10.0. The highest BCUT2D eigenvalue weighted by Gasteiger charge is 2.33. The van der Waals surface area contributed by atoms with Crippen molar-refractivity contribution in [1.29, 1.82) is 0 Å². The molecule has 0 atom stereocenters. The van der Waals surface area contributed by atoms with E-state index in [2.05, 4.69) is 26.0 Å². The summed E-state index contributed by atoms with van der Waals surface area (Å²) in [6, 6.07) is 5.79. The topological polar surface area (TPSA) is 56.2 Å². The normalized spacial score (nSPS) is 11.5. The van der Waals surface area contributed by atoms with E-state index in [1.54, 1.807) is 22.8 Å². The number of benzene rings is 1. The Balaban J connectivity index is 0.00000192. The molecule has 0 unspecified atom stereocenters. The van der Waals surface area contributed by atoms with Gasteiger partial charge in [0.15, 0.2) is 0 Å². The molecule has 2 N–H and O–H groups in total. The lowest BCUT2D eigenvalue weighted by Gasteiger charge is -2.13. The fraction of sp³-hybridized carbons (Fsp3) is 0.143. The van der Waals surface area contributed by atoms with Crippen molar-refractivity contribution in [1.82, 2.24) is 14.6 Å². The van der Waals surface area contributed by atoms with Gasteiger partial charge in [-0.1, -0.05) is 12.1 Å². The van der Waals surface area contributed by atoms with Crippen molar-refractivity contribution < 1.29 is 13.2 Å². The highest BCUT2D eigenvalue weighted by molar-refractivity contribution is 9.10. The van der Waals surface area contributed by atoms with Crippen LogP contribution in [0.15, 0.2) is 41.3 Å². The van der Waals surface area contributed by atoms with E-state index in [4.69, 9.17) is 5.73 Å². The van der Waals surface area contributed by atoms with Crippen molar-refractivity contribution in [2.45, 2.75) is 12.7 Å². The van der Waals surface area contributed by atoms with E-state index in [1.165, 1.54) is 12.4 Å². The fourth-order valence-corrected chi connectivity index (χ4v) is 2.70. The first-order chi connectivity index (χ1) is 10.4. The van der Waals surface area contributed by atoms with Crippen molar-refractivity contribution in [2.75, 3.05) is 0 Å². The molecule has 2 heterocycles. The Labute approximate surface area is 144 Å². The molecule has 0 radical (unpaired) electrons. The molecule has 9 heteroatoms. The predicted molar refractivity (Wildman–Crippen MR) is 86.3 cm³/mol. The minimum absolute atomic E-state index is 0. The molecule has 3 rings (SSSR count). The third-order valence-corrected chi connectivity index (χ3v) is 3.71. The van der Waals surface area contributed by atoms with Crippen molar-refractivity contribution in [3.63, 3.8) is 0 Å². The standard InChI is InChI=1S/C14H10BrF3N4.ClH/c15-10-4-12-13(20-7-21-22(12)6-10)8-1-2-9(5-19)11(3-8)14(16,17)18;/h1-4,6-7H,5,19H2;1H. The van der Waals surface area contributed by atoms with E-state index < -0.39 is 11.7 Å². The first kappa shape index (κ1) is 17.7. The predicted octanol–water partition coefficient (Wildman–Crippen LogP) is 4.06. The van der Waals surface area contributed by atoms with Crippen LogP contribution in [0.4, 0.5) is 13.2 Å². The quantitative estimate of drug-likeness (QED) is 0.697. The monoisotopic (exact) mass is 406 g/mol. The minimum Gasteiger partial charge on any atom is -0.326 e. The van der Waals surface area contributed by atoms with Crippen molar-refractivity contribution in [3.8, 4) is 11.3 Å². The first-order valence-electron chi connectivity index (χ1n) is 6.29. The van der Waals surface area contributed by atoms with E-state index in [1.807, 2.05) is 0 Å². The molecule has 0 amide bonds. The largest absolute Gasteiger partial charge is 0.416 e. The van der Waals surface area contributed by atoms with Gasteiger partial charge in [-0.05, 0) is 33.6 Å². The summed E-state index contributed by atoms with van der Waals surface area (Å²) in [5, 5.41) is 4.03. The van der Waals surface area contributed by atoms with Crippen LogP contribution in [0.2, 0.25) is 0 Å². The third-order valence-electron chi connectivity index (χ3n) is 3.28. The van der Waals surface area contributed by atoms with Crippen LogP contribution in [-0.4, -0.2) is 14.6 Å². The Morgan fingerprint density at radius 3 is 2.61 bits per heavy atom. The average Bonchev–Trinajstić information content (AvgIpc) is 2.85. The van der Waals surface area contributed by atoms with Gasteiger partial charge >= 0.3 is 6.18 Å². The molecule has 0 bridgehead atoms. The number of hydrogen-bond donors (Lipinski definition) is 1. The van der Waals surface area contributed by atoms with Gasteiger partial charge in [0.2, 0.25) is 0 Å². The van der Waals surface area contributed by atoms with Crippen molar-refractivity contribution in [2.24, 2.45) is 5.73 Å². The van der Waals surface area contributed by atoms with Gasteiger partial charge in [-0.15, -0.1) is 12.4 Å². The van der Waals surface area contributed by atoms with E-state index in [0.29, 0.717) is 16.8 Å². The number of fused-ring (bicyclic) bond motifs is 1. The number of aromatic nitrogens is 3. The second kappa shape index (κ2) is 6.46. The molecule has 0 fully saturated rings. The summed E-state index contributed by atoms with van der Waals surface area (Å²) < 4.78 is 41.8. The molecule has 0 aliphatic carbocycles. The van der Waals surface area contributed by atoms with Gasteiger partial charge in [-0.25, -0.2) is 9.50 Å². The molecule has 3 aromatic rings. The minimum atomic E-state index is -4.46. The zero-order chi connectivity index (χ0) is 15.9. The van der Waals surface area contributed by atoms with Crippen LogP contribution in [0.1, 0.15) is 11.1 Å². The van der Waals surface area contributed by atoms with Crippen LogP contribution in [-0.2, 0) is 12.7 Å². The number of hydrogen-bond acceptors (Lipinski definition) is 3. The summed E-state index contributed by atoms with van der Waals surface area (Å²) in [6.45, 7) is -0.176. The Hall–Kier alpha value is -1.64. The van der Waals surface area contributed by atoms with Crippen LogP contribution < -0.4 is 5.73 Å². The van der Waals surface area contributed by atoms with E-state index in [-0.39, 0.29) is 24.5 Å². The maximum absolute atomic E-state index is 13.1. The van der Waals surface area contributed by atoms with Gasteiger partial charge in [-0.2, -0.15) is 18.3 Å². The summed E-state index contributed by atoms with van der Waals surface area (Å²) in [4.78, 5) is 4.12. The zero-order valence-corrected chi connectivity index (χ0v) is 13.9. The summed E-state index contributed by atoms with van der Waals surface area (Å²) in [6.07, 6.45) is -1.45. The van der Waals surface area contributed by atoms with Gasteiger partial charge < -0.3 is 5.73 Å². The second-order valence-electron chi connectivity index (χ2n) is 4.67. The van der Waals surface area contributed by atoms with Crippen molar-refractivity contribution >= 4 is 33.9 Å². The Morgan fingerprint density at radius 2 is 1.96 bits per heavy atom. The molecule has 2 aromatic heterocycles. The number of nitrogens with zero attached hydrogens (tertiary/aromatic N) is 3. The number of halogens is 5. The van der Waals surface area contributed by atoms with E-state index in [0.717, 1.165) is 10.5 Å². The number of rotatable bonds is 2. The number of alkyl halides is 3. The lowest BCUT2D eigenvalue weighted by Crippen LogP contribution is -2.12. The fourth-order valence-electron chi connectivity index (χ4n) is 2.29. The smallest absolute Gasteiger partial charge is 0.326 e. The summed E-state index contributed by atoms with van der Waals surface area (Å²) >= 11 is 3.32. The summed E-state index contributed by atoms with van der Waals surface area (Å²) in [7, 11) is 0. The second-order valence-corrected chi connectivity index (χ2v) is 5.59. The molecule has 1 aromatic carbocycles. The summed E-state index contributed by atoms with van der Waals surface area (Å²) in [5.74, 6) is 0. The molecule has 0 saturated heterocycles. The summed E-state index contributed by atoms with van der Waals surface area (Å²) in [5.41, 5.74) is 6.11. The Bertz CT molecular complexity index is 848. The molecular weight excluding hydrogens is 397 g/mol. The van der Waals surface area contributed by atoms with Crippen LogP contribution in [0.5, 0.6) is 0 Å². The van der Waals surface area contributed by atoms with Crippen LogP contribution in [0.3, 0.4) is 0 Å². The number of nitrogens with two attached hydrogens (primary N) is 1. The lowest BCUT2D eigenvalue weighted by molar-refractivity contribution is -0.138. The Kier molecular flexibility index (Phi) is 4.98. The molecule has 0 aliphatic rings. The molecule has 122 valence electrons. The maximum Gasteiger partial charge on any atom is 0.416 e. The van der Waals surface area contributed by atoms with Gasteiger partial charge in [0.25, 0.3) is 0 Å². The highest BCUT2D eigenvalue weighted by atomic mass is 79.9. The Morgan fingerprint density at radius 1 is 1.22 bits per heavy atom. The molecule has 4 nitrogen and oxygen atoms in total. The molecule has 0 saturated carbocycles. The van der Waals surface area contributed by atoms with Crippen molar-refractivity contribution in [3.05, 3.63) is 52.4 Å². The van der Waals surface area contributed by atoms with Crippen LogP contribution >= 0.6 is 28.3 Å². The van der Waals surface area contributed by atoms with Crippen LogP contribution in [0, 0.1) is 0 Å². The van der Waals surface area contributed by atoms with E-state index in [9.17, 15) is 13.2 Å². The SMILES string of the molecule is Cl.NCc1ccc(-c2ncnn3cc(Br)cc23)cc1C(F)(F)F. The third kappa shape index (κ3) is 3.34. The zero-order valence-electron chi connectivity index (χ0n) is 11.5. The van der Waals surface area contributed by atoms with Gasteiger partial charge in [0, 0.05) is 22.8 Å². The molecule has 0 aliphatic heterocycles. The van der Waals surface area contributed by atoms with Gasteiger partial charge in [0.05, 0.1) is 16.8 Å². The van der Waals surface area contributed by atoms with Gasteiger partial charge in [-0.3, -0.25) is 0 Å². The highest BCUT2D eigenvalue weighted by Crippen LogP contribution is 2.35. The molecule has 23 heavy (non-hydrogen) atoms. The van der Waals surface area contributed by atoms with E-state index >= 15 is 0 Å². The molecular formula is C14H11BrClF3N4. The first-order valence-corrected chi connectivity index (χ1v) is 7.09. The molecule has 0 spiro atoms.